The van der Waals surface area contributed by atoms with E-state index in [1.54, 1.807) is 24.3 Å². The maximum Gasteiger partial charge on any atom is 0.418 e. The van der Waals surface area contributed by atoms with Crippen LogP contribution >= 0.6 is 0 Å². The molecule has 5 N–H and O–H groups in total. The van der Waals surface area contributed by atoms with Gasteiger partial charge in [0.25, 0.3) is 0 Å². The van der Waals surface area contributed by atoms with E-state index in [4.69, 9.17) is 16.4 Å². The fourth-order valence-electron chi connectivity index (χ4n) is 4.48. The first-order valence-electron chi connectivity index (χ1n) is 10.2. The number of alkyl halides is 3. The monoisotopic (exact) mass is 440 g/mol. The summed E-state index contributed by atoms with van der Waals surface area (Å²) in [6, 6.07) is 7.86. The molecule has 1 aliphatic carbocycles. The molecule has 3 aromatic rings. The van der Waals surface area contributed by atoms with E-state index in [-0.39, 0.29) is 16.9 Å². The van der Waals surface area contributed by atoms with Gasteiger partial charge in [0.1, 0.15) is 0 Å². The number of halogens is 3. The van der Waals surface area contributed by atoms with Crippen LogP contribution in [-0.4, -0.2) is 15.9 Å². The van der Waals surface area contributed by atoms with Crippen molar-refractivity contribution in [1.82, 2.24) is 10.5 Å². The molecular formula is C24H23F3N4O. The zero-order chi connectivity index (χ0) is 23.2. The van der Waals surface area contributed by atoms with E-state index in [0.717, 1.165) is 30.0 Å². The highest BCUT2D eigenvalue weighted by atomic mass is 19.4. The number of fused-ring (bicyclic) bond motifs is 3. The van der Waals surface area contributed by atoms with Crippen LogP contribution in [-0.2, 0) is 19.0 Å². The molecule has 0 spiro atoms. The predicted molar refractivity (Wildman–Crippen MR) is 120 cm³/mol. The average Bonchev–Trinajstić information content (AvgIpc) is 2.76. The third-order valence-electron chi connectivity index (χ3n) is 5.93. The van der Waals surface area contributed by atoms with Crippen molar-refractivity contribution in [3.63, 3.8) is 0 Å². The van der Waals surface area contributed by atoms with Crippen molar-refractivity contribution in [2.75, 3.05) is 5.73 Å². The zero-order valence-corrected chi connectivity index (χ0v) is 17.5. The summed E-state index contributed by atoms with van der Waals surface area (Å²) in [5, 5.41) is 17.6. The molecule has 0 atom stereocenters. The maximum atomic E-state index is 14.0. The van der Waals surface area contributed by atoms with Crippen LogP contribution in [0, 0.1) is 5.41 Å². The summed E-state index contributed by atoms with van der Waals surface area (Å²) in [6.07, 6.45) is -1.59. The molecule has 0 aliphatic heterocycles. The Labute approximate surface area is 183 Å². The van der Waals surface area contributed by atoms with Crippen molar-refractivity contribution in [1.29, 1.82) is 5.41 Å². The summed E-state index contributed by atoms with van der Waals surface area (Å²) < 4.78 is 42.0. The van der Waals surface area contributed by atoms with Crippen molar-refractivity contribution in [3.05, 3.63) is 64.7 Å². The SMILES string of the molecule is C=C(NO)c1ccc(-c2nc3c(C(F)(F)F)cc(N)c(C(C)=N)c3c3c2CCCC3)cc1. The van der Waals surface area contributed by atoms with E-state index in [2.05, 4.69) is 11.6 Å². The Morgan fingerprint density at radius 2 is 1.78 bits per heavy atom. The number of aromatic nitrogens is 1. The fourth-order valence-corrected chi connectivity index (χ4v) is 4.48. The number of hydrogen-bond acceptors (Lipinski definition) is 5. The molecule has 1 aromatic heterocycles. The Hall–Kier alpha value is -3.39. The van der Waals surface area contributed by atoms with E-state index in [1.807, 2.05) is 5.48 Å². The van der Waals surface area contributed by atoms with Gasteiger partial charge in [-0.1, -0.05) is 30.8 Å². The predicted octanol–water partition coefficient (Wildman–Crippen LogP) is 5.72. The third kappa shape index (κ3) is 3.60. The van der Waals surface area contributed by atoms with Crippen LogP contribution in [0.15, 0.2) is 36.9 Å². The first kappa shape index (κ1) is 21.8. The van der Waals surface area contributed by atoms with Crippen LogP contribution in [0.5, 0.6) is 0 Å². The second-order valence-electron chi connectivity index (χ2n) is 8.03. The molecule has 0 radical (unpaired) electrons. The second-order valence-corrected chi connectivity index (χ2v) is 8.03. The summed E-state index contributed by atoms with van der Waals surface area (Å²) in [4.78, 5) is 4.54. The Balaban J connectivity index is 2.09. The van der Waals surface area contributed by atoms with Crippen LogP contribution in [0.1, 0.15) is 47.6 Å². The number of pyridine rings is 1. The highest BCUT2D eigenvalue weighted by molar-refractivity contribution is 6.14. The van der Waals surface area contributed by atoms with Gasteiger partial charge in [-0.25, -0.2) is 4.98 Å². The standard InChI is InChI=1S/C24H23F3N4O/c1-12(28)20-19(29)11-18(24(25,26)27)23-21(20)16-5-3-4-6-17(16)22(30-23)15-9-7-14(8-10-15)13(2)31-32/h7-11,28,31-32H,2-6,29H2,1H3. The molecule has 0 saturated heterocycles. The number of aryl methyl sites for hydroxylation is 1. The summed E-state index contributed by atoms with van der Waals surface area (Å²) >= 11 is 0. The average molecular weight is 440 g/mol. The molecule has 8 heteroatoms. The first-order valence-corrected chi connectivity index (χ1v) is 10.2. The summed E-state index contributed by atoms with van der Waals surface area (Å²) in [5.41, 5.74) is 11.2. The van der Waals surface area contributed by atoms with Gasteiger partial charge in [0.15, 0.2) is 0 Å². The minimum absolute atomic E-state index is 0.0565. The number of nitrogens with two attached hydrogens (primary N) is 1. The number of rotatable bonds is 4. The van der Waals surface area contributed by atoms with Crippen LogP contribution in [0.4, 0.5) is 18.9 Å². The topological polar surface area (TPSA) is 95.0 Å². The minimum atomic E-state index is -4.64. The van der Waals surface area contributed by atoms with Crippen molar-refractivity contribution in [3.8, 4) is 11.3 Å². The lowest BCUT2D eigenvalue weighted by molar-refractivity contribution is -0.136. The number of hydrogen-bond donors (Lipinski definition) is 4. The fraction of sp³-hybridized carbons (Fsp3) is 0.250. The number of anilines is 1. The molecule has 166 valence electrons. The molecule has 0 bridgehead atoms. The molecule has 1 heterocycles. The molecule has 0 amide bonds. The largest absolute Gasteiger partial charge is 0.418 e. The Morgan fingerprint density at radius 1 is 1.16 bits per heavy atom. The number of benzene rings is 2. The van der Waals surface area contributed by atoms with E-state index in [9.17, 15) is 13.2 Å². The Morgan fingerprint density at radius 3 is 2.34 bits per heavy atom. The number of nitrogen functional groups attached to an aromatic ring is 1. The number of nitrogens with zero attached hydrogens (tertiary/aromatic N) is 1. The van der Waals surface area contributed by atoms with Crippen molar-refractivity contribution in [2.45, 2.75) is 38.8 Å². The third-order valence-corrected chi connectivity index (χ3v) is 5.93. The van der Waals surface area contributed by atoms with E-state index >= 15 is 0 Å². The lowest BCUT2D eigenvalue weighted by Crippen LogP contribution is -2.15. The van der Waals surface area contributed by atoms with Gasteiger partial charge < -0.3 is 11.1 Å². The van der Waals surface area contributed by atoms with Gasteiger partial charge >= 0.3 is 6.18 Å². The Bertz CT molecular complexity index is 1250. The van der Waals surface area contributed by atoms with Crippen molar-refractivity contribution in [2.24, 2.45) is 0 Å². The molecule has 1 aliphatic rings. The summed E-state index contributed by atoms with van der Waals surface area (Å²) in [6.45, 7) is 5.23. The van der Waals surface area contributed by atoms with Crippen LogP contribution < -0.4 is 11.2 Å². The molecule has 2 aromatic carbocycles. The van der Waals surface area contributed by atoms with Crippen molar-refractivity contribution >= 4 is 28.0 Å². The Kier molecular flexibility index (Phi) is 5.42. The molecule has 0 saturated carbocycles. The lowest BCUT2D eigenvalue weighted by Gasteiger charge is -2.25. The normalized spacial score (nSPS) is 13.7. The van der Waals surface area contributed by atoms with Gasteiger partial charge in [-0.2, -0.15) is 13.2 Å². The molecule has 4 rings (SSSR count). The number of hydroxylamine groups is 1. The van der Waals surface area contributed by atoms with E-state index < -0.39 is 11.7 Å². The van der Waals surface area contributed by atoms with Crippen LogP contribution in [0.25, 0.3) is 27.9 Å². The van der Waals surface area contributed by atoms with Gasteiger partial charge in [0.05, 0.1) is 22.5 Å². The van der Waals surface area contributed by atoms with Gasteiger partial charge in [0, 0.05) is 27.9 Å². The molecule has 5 nitrogen and oxygen atoms in total. The quantitative estimate of drug-likeness (QED) is 0.237. The molecule has 0 fully saturated rings. The molecule has 32 heavy (non-hydrogen) atoms. The second kappa shape index (κ2) is 7.94. The van der Waals surface area contributed by atoms with Gasteiger partial charge in [0.2, 0.25) is 0 Å². The summed E-state index contributed by atoms with van der Waals surface area (Å²) in [5.74, 6) is 0. The highest BCUT2D eigenvalue weighted by Gasteiger charge is 2.36. The zero-order valence-electron chi connectivity index (χ0n) is 17.5. The van der Waals surface area contributed by atoms with Crippen LogP contribution in [0.3, 0.4) is 0 Å². The first-order chi connectivity index (χ1) is 15.1. The molecular weight excluding hydrogens is 417 g/mol. The van der Waals surface area contributed by atoms with Crippen LogP contribution in [0.2, 0.25) is 0 Å². The molecule has 0 unspecified atom stereocenters. The van der Waals surface area contributed by atoms with Crippen molar-refractivity contribution < 1.29 is 18.4 Å². The minimum Gasteiger partial charge on any atom is -0.398 e. The van der Waals surface area contributed by atoms with Gasteiger partial charge in [-0.3, -0.25) is 10.7 Å². The summed E-state index contributed by atoms with van der Waals surface area (Å²) in [7, 11) is 0. The van der Waals surface area contributed by atoms with Gasteiger partial charge in [-0.05, 0) is 55.4 Å². The van der Waals surface area contributed by atoms with Gasteiger partial charge in [-0.15, -0.1) is 0 Å². The highest BCUT2D eigenvalue weighted by Crippen LogP contribution is 2.43. The lowest BCUT2D eigenvalue weighted by atomic mass is 9.83. The number of nitrogens with one attached hydrogen (secondary N) is 2. The van der Waals surface area contributed by atoms with E-state index in [0.29, 0.717) is 46.3 Å². The smallest absolute Gasteiger partial charge is 0.398 e. The van der Waals surface area contributed by atoms with E-state index in [1.165, 1.54) is 6.92 Å². The maximum absolute atomic E-state index is 14.0.